The predicted octanol–water partition coefficient (Wildman–Crippen LogP) is -0.778. The average Bonchev–Trinajstić information content (AvgIpc) is 2.55. The van der Waals surface area contributed by atoms with Crippen LogP contribution in [0.25, 0.3) is 0 Å². The van der Waals surface area contributed by atoms with Gasteiger partial charge in [0.05, 0.1) is 25.9 Å². The van der Waals surface area contributed by atoms with E-state index in [9.17, 15) is 5.11 Å². The Kier molecular flexibility index (Phi) is 7.08. The minimum absolute atomic E-state index is 0.305. The Hall–Kier alpha value is -1.70. The monoisotopic (exact) mass is 307 g/mol. The third-order valence-corrected chi connectivity index (χ3v) is 3.46. The molecule has 1 atom stereocenters. The molecular formula is C15H25N5O2. The van der Waals surface area contributed by atoms with Crippen molar-refractivity contribution in [1.82, 2.24) is 15.2 Å². The van der Waals surface area contributed by atoms with Gasteiger partial charge in [-0.1, -0.05) is 6.07 Å². The van der Waals surface area contributed by atoms with E-state index in [1.54, 1.807) is 6.20 Å². The number of aliphatic hydroxyl groups excluding tert-OH is 1. The molecule has 1 aromatic rings. The zero-order valence-corrected chi connectivity index (χ0v) is 12.8. The number of aliphatic imine (C=N–C) groups is 1. The lowest BCUT2D eigenvalue weighted by molar-refractivity contribution is 0.0165. The smallest absolute Gasteiger partial charge is 0.188 e. The average molecular weight is 307 g/mol. The van der Waals surface area contributed by atoms with E-state index in [-0.39, 0.29) is 0 Å². The van der Waals surface area contributed by atoms with Gasteiger partial charge in [-0.3, -0.25) is 14.9 Å². The minimum Gasteiger partial charge on any atom is -0.390 e. The molecule has 1 fully saturated rings. The maximum atomic E-state index is 9.97. The Morgan fingerprint density at radius 1 is 1.45 bits per heavy atom. The fraction of sp³-hybridized carbons (Fsp3) is 0.600. The fourth-order valence-corrected chi connectivity index (χ4v) is 2.26. The number of hydrogen-bond donors (Lipinski definition) is 3. The van der Waals surface area contributed by atoms with Gasteiger partial charge >= 0.3 is 0 Å². The summed E-state index contributed by atoms with van der Waals surface area (Å²) in [5, 5.41) is 13.0. The lowest BCUT2D eigenvalue weighted by Gasteiger charge is -2.28. The highest BCUT2D eigenvalue weighted by atomic mass is 16.5. The van der Waals surface area contributed by atoms with Crippen LogP contribution in [0.15, 0.2) is 29.4 Å². The number of aliphatic hydroxyl groups is 1. The number of hydrogen-bond acceptors (Lipinski definition) is 5. The van der Waals surface area contributed by atoms with Crippen LogP contribution in [0.1, 0.15) is 5.69 Å². The summed E-state index contributed by atoms with van der Waals surface area (Å²) in [6, 6.07) is 5.82. The molecule has 0 amide bonds. The van der Waals surface area contributed by atoms with Gasteiger partial charge in [-0.05, 0) is 12.1 Å². The van der Waals surface area contributed by atoms with E-state index in [0.29, 0.717) is 25.6 Å². The van der Waals surface area contributed by atoms with Crippen molar-refractivity contribution in [1.29, 1.82) is 0 Å². The number of pyridine rings is 1. The quantitative estimate of drug-likeness (QED) is 0.452. The molecule has 0 aliphatic carbocycles. The summed E-state index contributed by atoms with van der Waals surface area (Å²) in [6.07, 6.45) is 2.05. The number of nitrogens with two attached hydrogens (primary N) is 1. The molecule has 0 aromatic carbocycles. The molecule has 122 valence electrons. The van der Waals surface area contributed by atoms with Gasteiger partial charge in [0.2, 0.25) is 0 Å². The van der Waals surface area contributed by atoms with Gasteiger partial charge in [0.1, 0.15) is 0 Å². The van der Waals surface area contributed by atoms with Crippen LogP contribution in [0.3, 0.4) is 0 Å². The van der Waals surface area contributed by atoms with Crippen molar-refractivity contribution >= 4 is 5.96 Å². The number of nitrogens with one attached hydrogen (secondary N) is 1. The van der Waals surface area contributed by atoms with Gasteiger partial charge in [0.15, 0.2) is 5.96 Å². The molecule has 1 unspecified atom stereocenters. The molecule has 2 rings (SSSR count). The van der Waals surface area contributed by atoms with Gasteiger partial charge in [-0.2, -0.15) is 0 Å². The molecule has 0 bridgehead atoms. The highest BCUT2D eigenvalue weighted by molar-refractivity contribution is 5.77. The molecule has 1 aromatic heterocycles. The zero-order valence-electron chi connectivity index (χ0n) is 12.8. The van der Waals surface area contributed by atoms with Gasteiger partial charge in [0.25, 0.3) is 0 Å². The van der Waals surface area contributed by atoms with Crippen molar-refractivity contribution in [3.63, 3.8) is 0 Å². The number of rotatable bonds is 7. The largest absolute Gasteiger partial charge is 0.390 e. The number of nitrogens with zero attached hydrogens (tertiary/aromatic N) is 3. The molecule has 1 saturated heterocycles. The van der Waals surface area contributed by atoms with Crippen molar-refractivity contribution in [3.8, 4) is 0 Å². The third-order valence-electron chi connectivity index (χ3n) is 3.46. The Bertz CT molecular complexity index is 449. The van der Waals surface area contributed by atoms with E-state index in [2.05, 4.69) is 20.2 Å². The highest BCUT2D eigenvalue weighted by Gasteiger charge is 2.14. The molecule has 1 aliphatic heterocycles. The van der Waals surface area contributed by atoms with Gasteiger partial charge in [-0.15, -0.1) is 0 Å². The summed E-state index contributed by atoms with van der Waals surface area (Å²) in [5.41, 5.74) is 6.80. The summed E-state index contributed by atoms with van der Waals surface area (Å²) in [7, 11) is 0. The maximum absolute atomic E-state index is 9.97. The Balaban J connectivity index is 1.61. The topological polar surface area (TPSA) is 96.0 Å². The first-order valence-electron chi connectivity index (χ1n) is 7.66. The minimum atomic E-state index is -0.505. The SMILES string of the molecule is NC(=NCC(O)CN1CCOCC1)NCCc1ccccn1. The molecule has 22 heavy (non-hydrogen) atoms. The Labute approximate surface area is 131 Å². The van der Waals surface area contributed by atoms with E-state index in [4.69, 9.17) is 10.5 Å². The van der Waals surface area contributed by atoms with Crippen LogP contribution in [-0.4, -0.2) is 73.0 Å². The molecule has 1 aliphatic rings. The summed E-state index contributed by atoms with van der Waals surface area (Å²) >= 11 is 0. The molecular weight excluding hydrogens is 282 g/mol. The maximum Gasteiger partial charge on any atom is 0.188 e. The molecule has 0 spiro atoms. The van der Waals surface area contributed by atoms with Gasteiger partial charge in [0, 0.05) is 44.5 Å². The van der Waals surface area contributed by atoms with E-state index in [1.807, 2.05) is 18.2 Å². The molecule has 7 heteroatoms. The van der Waals surface area contributed by atoms with Gasteiger partial charge < -0.3 is 20.9 Å². The first-order valence-corrected chi connectivity index (χ1v) is 7.66. The van der Waals surface area contributed by atoms with Crippen LogP contribution in [0, 0.1) is 0 Å². The Morgan fingerprint density at radius 2 is 2.27 bits per heavy atom. The van der Waals surface area contributed by atoms with Crippen LogP contribution in [0.2, 0.25) is 0 Å². The summed E-state index contributed by atoms with van der Waals surface area (Å²) in [6.45, 7) is 4.76. The van der Waals surface area contributed by atoms with Crippen LogP contribution < -0.4 is 11.1 Å². The first kappa shape index (κ1) is 16.7. The van der Waals surface area contributed by atoms with Crippen molar-refractivity contribution in [2.24, 2.45) is 10.7 Å². The summed E-state index contributed by atoms with van der Waals surface area (Å²) in [5.74, 6) is 0.358. The molecule has 7 nitrogen and oxygen atoms in total. The lowest BCUT2D eigenvalue weighted by Crippen LogP contribution is -2.42. The second kappa shape index (κ2) is 9.34. The normalized spacial score (nSPS) is 18.1. The number of ether oxygens (including phenoxy) is 1. The van der Waals surface area contributed by atoms with Crippen molar-refractivity contribution in [2.45, 2.75) is 12.5 Å². The molecule has 0 radical (unpaired) electrons. The van der Waals surface area contributed by atoms with Crippen LogP contribution in [0.4, 0.5) is 0 Å². The number of morpholine rings is 1. The van der Waals surface area contributed by atoms with E-state index in [0.717, 1.165) is 38.4 Å². The summed E-state index contributed by atoms with van der Waals surface area (Å²) < 4.78 is 5.27. The van der Waals surface area contributed by atoms with Crippen LogP contribution in [-0.2, 0) is 11.2 Å². The van der Waals surface area contributed by atoms with E-state index in [1.165, 1.54) is 0 Å². The van der Waals surface area contributed by atoms with Crippen LogP contribution >= 0.6 is 0 Å². The van der Waals surface area contributed by atoms with Gasteiger partial charge in [-0.25, -0.2) is 0 Å². The predicted molar refractivity (Wildman–Crippen MR) is 85.7 cm³/mol. The van der Waals surface area contributed by atoms with E-state index < -0.39 is 6.10 Å². The van der Waals surface area contributed by atoms with Crippen molar-refractivity contribution in [3.05, 3.63) is 30.1 Å². The second-order valence-corrected chi connectivity index (χ2v) is 5.29. The zero-order chi connectivity index (χ0) is 15.6. The lowest BCUT2D eigenvalue weighted by atomic mass is 10.3. The number of aromatic nitrogens is 1. The number of β-amino-alcohol motifs (C(OH)–C–C–N with tert-alkyl or cyclic N) is 1. The standard InChI is InChI=1S/C15H25N5O2/c16-15(18-6-4-13-3-1-2-5-17-13)19-11-14(21)12-20-7-9-22-10-8-20/h1-3,5,14,21H,4,6-12H2,(H3,16,18,19). The summed E-state index contributed by atoms with van der Waals surface area (Å²) in [4.78, 5) is 10.6. The van der Waals surface area contributed by atoms with E-state index >= 15 is 0 Å². The van der Waals surface area contributed by atoms with Crippen LogP contribution in [0.5, 0.6) is 0 Å². The Morgan fingerprint density at radius 3 is 3.00 bits per heavy atom. The van der Waals surface area contributed by atoms with Crippen molar-refractivity contribution < 1.29 is 9.84 Å². The second-order valence-electron chi connectivity index (χ2n) is 5.29. The molecule has 4 N–H and O–H groups in total. The number of guanidine groups is 1. The molecule has 0 saturated carbocycles. The highest BCUT2D eigenvalue weighted by Crippen LogP contribution is 1.99. The molecule has 2 heterocycles. The fourth-order valence-electron chi connectivity index (χ4n) is 2.26. The first-order chi connectivity index (χ1) is 10.7. The van der Waals surface area contributed by atoms with Crippen molar-refractivity contribution in [2.75, 3.05) is 45.9 Å². The third kappa shape index (κ3) is 6.38.